The highest BCUT2D eigenvalue weighted by atomic mass is 16.5. The van der Waals surface area contributed by atoms with E-state index in [1.165, 1.54) is 0 Å². The molecule has 0 fully saturated rings. The molecule has 0 atom stereocenters. The zero-order valence-corrected chi connectivity index (χ0v) is 15.0. The van der Waals surface area contributed by atoms with E-state index >= 15 is 0 Å². The van der Waals surface area contributed by atoms with Crippen LogP contribution in [0.1, 0.15) is 43.5 Å². The number of nitrogens with zero attached hydrogens (tertiary/aromatic N) is 1. The molecular formula is C19H26N2O4. The zero-order valence-electron chi connectivity index (χ0n) is 15.0. The highest BCUT2D eigenvalue weighted by molar-refractivity contribution is 6.07. The fraction of sp³-hybridized carbons (Fsp3) is 0.474. The molecule has 136 valence electrons. The lowest BCUT2D eigenvalue weighted by molar-refractivity contribution is -0.138. The van der Waals surface area contributed by atoms with E-state index in [0.717, 1.165) is 10.9 Å². The van der Waals surface area contributed by atoms with E-state index in [2.05, 4.69) is 5.32 Å². The summed E-state index contributed by atoms with van der Waals surface area (Å²) >= 11 is 0. The van der Waals surface area contributed by atoms with Gasteiger partial charge < -0.3 is 19.7 Å². The Balaban J connectivity index is 2.36. The van der Waals surface area contributed by atoms with Gasteiger partial charge >= 0.3 is 5.97 Å². The van der Waals surface area contributed by atoms with Gasteiger partial charge in [-0.15, -0.1) is 0 Å². The van der Waals surface area contributed by atoms with Gasteiger partial charge in [0.15, 0.2) is 0 Å². The second-order valence-corrected chi connectivity index (χ2v) is 6.26. The van der Waals surface area contributed by atoms with Crippen molar-refractivity contribution in [1.29, 1.82) is 0 Å². The van der Waals surface area contributed by atoms with Crippen molar-refractivity contribution in [3.63, 3.8) is 0 Å². The summed E-state index contributed by atoms with van der Waals surface area (Å²) < 4.78 is 7.13. The van der Waals surface area contributed by atoms with Crippen LogP contribution in [0.5, 0.6) is 0 Å². The lowest BCUT2D eigenvalue weighted by Gasteiger charge is -2.31. The van der Waals surface area contributed by atoms with Gasteiger partial charge in [-0.2, -0.15) is 0 Å². The monoisotopic (exact) mass is 346 g/mol. The van der Waals surface area contributed by atoms with Crippen molar-refractivity contribution in [2.75, 3.05) is 13.7 Å². The molecule has 0 spiro atoms. The molecule has 0 aliphatic heterocycles. The Labute approximate surface area is 147 Å². The summed E-state index contributed by atoms with van der Waals surface area (Å²) in [5.41, 5.74) is 0.781. The number of carbonyl (C=O) groups is 2. The molecule has 0 radical (unpaired) electrons. The van der Waals surface area contributed by atoms with E-state index in [1.807, 2.05) is 48.9 Å². The highest BCUT2D eigenvalue weighted by Crippen LogP contribution is 2.25. The number of para-hydroxylation sites is 1. The normalized spacial score (nSPS) is 11.6. The number of hydrogen-bond acceptors (Lipinski definition) is 3. The average Bonchev–Trinajstić information content (AvgIpc) is 2.98. The van der Waals surface area contributed by atoms with Gasteiger partial charge in [-0.3, -0.25) is 9.59 Å². The third-order valence-electron chi connectivity index (χ3n) is 4.79. The Morgan fingerprint density at radius 3 is 2.52 bits per heavy atom. The average molecular weight is 346 g/mol. The van der Waals surface area contributed by atoms with Gasteiger partial charge in [0, 0.05) is 30.8 Å². The van der Waals surface area contributed by atoms with Crippen molar-refractivity contribution in [3.05, 3.63) is 36.0 Å². The molecule has 1 heterocycles. The number of carboxylic acids is 1. The molecule has 6 heteroatoms. The van der Waals surface area contributed by atoms with Crippen molar-refractivity contribution in [1.82, 2.24) is 9.88 Å². The van der Waals surface area contributed by atoms with Crippen LogP contribution >= 0.6 is 0 Å². The quantitative estimate of drug-likeness (QED) is 0.731. The summed E-state index contributed by atoms with van der Waals surface area (Å²) in [7, 11) is 1.64. The molecule has 25 heavy (non-hydrogen) atoms. The number of nitrogens with one attached hydrogen (secondary N) is 1. The van der Waals surface area contributed by atoms with Gasteiger partial charge in [0.05, 0.1) is 24.1 Å². The van der Waals surface area contributed by atoms with Gasteiger partial charge in [0.1, 0.15) is 0 Å². The standard InChI is InChI=1S/C19H26N2O4/c1-4-19(5-2,12-17(22)23)20-18(24)15-13-21(10-11-25-3)16-9-7-6-8-14(15)16/h6-9,13H,4-5,10-12H2,1-3H3,(H,20,24)(H,22,23). The number of aromatic nitrogens is 1. The van der Waals surface area contributed by atoms with Crippen LogP contribution in [-0.2, 0) is 16.1 Å². The minimum absolute atomic E-state index is 0.0892. The predicted molar refractivity (Wildman–Crippen MR) is 96.8 cm³/mol. The number of carbonyl (C=O) groups excluding carboxylic acids is 1. The van der Waals surface area contributed by atoms with E-state index in [9.17, 15) is 14.7 Å². The number of ether oxygens (including phenoxy) is 1. The number of methoxy groups -OCH3 is 1. The SMILES string of the molecule is CCC(CC)(CC(=O)O)NC(=O)c1cn(CCOC)c2ccccc12. The van der Waals surface area contributed by atoms with Gasteiger partial charge in [0.2, 0.25) is 0 Å². The smallest absolute Gasteiger partial charge is 0.305 e. The van der Waals surface area contributed by atoms with Gasteiger partial charge in [-0.05, 0) is 18.9 Å². The number of benzene rings is 1. The summed E-state index contributed by atoms with van der Waals surface area (Å²) in [4.78, 5) is 24.1. The lowest BCUT2D eigenvalue weighted by atomic mass is 9.88. The summed E-state index contributed by atoms with van der Waals surface area (Å²) in [6, 6.07) is 7.69. The predicted octanol–water partition coefficient (Wildman–Crippen LogP) is 3.05. The molecule has 2 rings (SSSR count). The van der Waals surface area contributed by atoms with Gasteiger partial charge in [-0.25, -0.2) is 0 Å². The Morgan fingerprint density at radius 2 is 1.92 bits per heavy atom. The van der Waals surface area contributed by atoms with Crippen molar-refractivity contribution in [3.8, 4) is 0 Å². The minimum atomic E-state index is -0.911. The first-order valence-electron chi connectivity index (χ1n) is 8.57. The molecule has 0 unspecified atom stereocenters. The topological polar surface area (TPSA) is 80.6 Å². The number of rotatable bonds is 9. The maximum atomic E-state index is 12.9. The van der Waals surface area contributed by atoms with Crippen LogP contribution in [-0.4, -0.2) is 40.8 Å². The molecule has 0 bridgehead atoms. The summed E-state index contributed by atoms with van der Waals surface area (Å²) in [5, 5.41) is 13.0. The van der Waals surface area contributed by atoms with Crippen molar-refractivity contribution in [2.45, 2.75) is 45.2 Å². The summed E-state index contributed by atoms with van der Waals surface area (Å²) in [6.07, 6.45) is 2.84. The van der Waals surface area contributed by atoms with Gasteiger partial charge in [0.25, 0.3) is 5.91 Å². The molecule has 1 aromatic heterocycles. The first-order valence-corrected chi connectivity index (χ1v) is 8.57. The number of fused-ring (bicyclic) bond motifs is 1. The van der Waals surface area contributed by atoms with Crippen LogP contribution < -0.4 is 5.32 Å². The maximum absolute atomic E-state index is 12.9. The van der Waals surface area contributed by atoms with Crippen LogP contribution in [0, 0.1) is 0 Å². The largest absolute Gasteiger partial charge is 0.481 e. The van der Waals surface area contributed by atoms with E-state index < -0.39 is 11.5 Å². The van der Waals surface area contributed by atoms with Crippen molar-refractivity contribution < 1.29 is 19.4 Å². The fourth-order valence-electron chi connectivity index (χ4n) is 3.12. The van der Waals surface area contributed by atoms with Gasteiger partial charge in [-0.1, -0.05) is 32.0 Å². The molecule has 1 aromatic carbocycles. The van der Waals surface area contributed by atoms with E-state index in [-0.39, 0.29) is 12.3 Å². The van der Waals surface area contributed by atoms with Crippen LogP contribution in [0.15, 0.2) is 30.5 Å². The van der Waals surface area contributed by atoms with Crippen molar-refractivity contribution >= 4 is 22.8 Å². The van der Waals surface area contributed by atoms with Crippen LogP contribution in [0.3, 0.4) is 0 Å². The highest BCUT2D eigenvalue weighted by Gasteiger charge is 2.32. The second-order valence-electron chi connectivity index (χ2n) is 6.26. The molecule has 0 aliphatic carbocycles. The molecule has 2 aromatic rings. The Kier molecular flexibility index (Phi) is 6.20. The van der Waals surface area contributed by atoms with Crippen LogP contribution in [0.4, 0.5) is 0 Å². The van der Waals surface area contributed by atoms with Crippen LogP contribution in [0.25, 0.3) is 10.9 Å². The third kappa shape index (κ3) is 4.20. The van der Waals surface area contributed by atoms with E-state index in [4.69, 9.17) is 4.74 Å². The molecule has 0 aliphatic rings. The summed E-state index contributed by atoms with van der Waals surface area (Å²) in [5.74, 6) is -1.15. The zero-order chi connectivity index (χ0) is 18.4. The molecule has 0 saturated heterocycles. The first-order chi connectivity index (χ1) is 12.0. The first kappa shape index (κ1) is 19.0. The Bertz CT molecular complexity index is 747. The number of aliphatic carboxylic acids is 1. The molecule has 6 nitrogen and oxygen atoms in total. The summed E-state index contributed by atoms with van der Waals surface area (Å²) in [6.45, 7) is 4.99. The third-order valence-corrected chi connectivity index (χ3v) is 4.79. The minimum Gasteiger partial charge on any atom is -0.481 e. The number of carboxylic acid groups (broad SMARTS) is 1. The van der Waals surface area contributed by atoms with Crippen molar-refractivity contribution in [2.24, 2.45) is 0 Å². The fourth-order valence-corrected chi connectivity index (χ4v) is 3.12. The lowest BCUT2D eigenvalue weighted by Crippen LogP contribution is -2.49. The Morgan fingerprint density at radius 1 is 1.24 bits per heavy atom. The maximum Gasteiger partial charge on any atom is 0.305 e. The molecular weight excluding hydrogens is 320 g/mol. The molecule has 1 amide bonds. The van der Waals surface area contributed by atoms with E-state index in [1.54, 1.807) is 7.11 Å². The number of hydrogen-bond donors (Lipinski definition) is 2. The molecule has 2 N–H and O–H groups in total. The molecule has 0 saturated carbocycles. The van der Waals surface area contributed by atoms with E-state index in [0.29, 0.717) is 31.6 Å². The van der Waals surface area contributed by atoms with Crippen LogP contribution in [0.2, 0.25) is 0 Å². The second kappa shape index (κ2) is 8.16. The Hall–Kier alpha value is -2.34. The number of amides is 1.